The van der Waals surface area contributed by atoms with E-state index >= 15 is 0 Å². The van der Waals surface area contributed by atoms with Gasteiger partial charge < -0.3 is 13.9 Å². The summed E-state index contributed by atoms with van der Waals surface area (Å²) < 4.78 is 14.9. The Balaban J connectivity index is 2.06. The summed E-state index contributed by atoms with van der Waals surface area (Å²) in [6, 6.07) is 8.11. The van der Waals surface area contributed by atoms with Gasteiger partial charge in [-0.1, -0.05) is 12.1 Å². The molecule has 0 aliphatic carbocycles. The number of rotatable bonds is 2. The second-order valence-corrected chi connectivity index (χ2v) is 5.27. The molecule has 3 rings (SSSR count). The van der Waals surface area contributed by atoms with Crippen LogP contribution >= 0.6 is 0 Å². The van der Waals surface area contributed by atoms with Gasteiger partial charge in [-0.15, -0.1) is 0 Å². The number of carbonyl (C=O) groups excluding carboxylic acids is 2. The van der Waals surface area contributed by atoms with Crippen molar-refractivity contribution in [3.63, 3.8) is 0 Å². The number of esters is 2. The Kier molecular flexibility index (Phi) is 3.73. The first-order chi connectivity index (χ1) is 11.0. The lowest BCUT2D eigenvalue weighted by molar-refractivity contribution is -0.135. The van der Waals surface area contributed by atoms with Crippen molar-refractivity contribution in [1.29, 1.82) is 0 Å². The van der Waals surface area contributed by atoms with Gasteiger partial charge in [0.2, 0.25) is 0 Å². The van der Waals surface area contributed by atoms with Gasteiger partial charge in [0.15, 0.2) is 0 Å². The van der Waals surface area contributed by atoms with Crippen LogP contribution in [0.1, 0.15) is 39.6 Å². The fourth-order valence-electron chi connectivity index (χ4n) is 2.68. The highest BCUT2D eigenvalue weighted by Crippen LogP contribution is 2.36. The Labute approximate surface area is 131 Å². The Hall–Kier alpha value is -2.89. The monoisotopic (exact) mass is 314 g/mol. The Morgan fingerprint density at radius 2 is 1.91 bits per heavy atom. The van der Waals surface area contributed by atoms with Crippen LogP contribution in [0.4, 0.5) is 0 Å². The first-order valence-electron chi connectivity index (χ1n) is 7.03. The minimum Gasteiger partial charge on any atom is -0.465 e. The fourth-order valence-corrected chi connectivity index (χ4v) is 2.68. The predicted molar refractivity (Wildman–Crippen MR) is 79.6 cm³/mol. The number of ether oxygens (including phenoxy) is 2. The number of fused-ring (bicyclic) bond motifs is 1. The van der Waals surface area contributed by atoms with Gasteiger partial charge in [-0.25, -0.2) is 9.59 Å². The molecule has 0 unspecified atom stereocenters. The maximum atomic E-state index is 12.2. The third-order valence-electron chi connectivity index (χ3n) is 3.75. The molecule has 1 aliphatic rings. The standard InChI is InChI=1S/C17H14O6/c1-9-7-13-15(17(20)22-9)12(8-14(18)23-13)10-3-5-11(6-4-10)16(19)21-2/h3-7,12H,8H2,1-2H3/t12-/m0/s1. The topological polar surface area (TPSA) is 82.8 Å². The number of methoxy groups -OCH3 is 1. The number of aryl methyl sites for hydroxylation is 1. The molecule has 2 heterocycles. The summed E-state index contributed by atoms with van der Waals surface area (Å²) in [6.45, 7) is 1.62. The summed E-state index contributed by atoms with van der Waals surface area (Å²) in [4.78, 5) is 35.5. The zero-order valence-electron chi connectivity index (χ0n) is 12.6. The first-order valence-corrected chi connectivity index (χ1v) is 7.03. The summed E-state index contributed by atoms with van der Waals surface area (Å²) in [5, 5.41) is 0. The minimum atomic E-state index is -0.519. The first kappa shape index (κ1) is 15.0. The Bertz CT molecular complexity index is 831. The molecule has 6 heteroatoms. The van der Waals surface area contributed by atoms with Gasteiger partial charge in [-0.2, -0.15) is 0 Å². The van der Waals surface area contributed by atoms with Crippen LogP contribution in [0.25, 0.3) is 0 Å². The number of benzene rings is 1. The summed E-state index contributed by atoms with van der Waals surface area (Å²) in [5.74, 6) is -0.713. The highest BCUT2D eigenvalue weighted by molar-refractivity contribution is 5.89. The van der Waals surface area contributed by atoms with Crippen LogP contribution in [0, 0.1) is 6.92 Å². The van der Waals surface area contributed by atoms with E-state index in [0.717, 1.165) is 5.56 Å². The molecule has 0 fully saturated rings. The van der Waals surface area contributed by atoms with Gasteiger partial charge >= 0.3 is 17.6 Å². The second-order valence-electron chi connectivity index (χ2n) is 5.27. The highest BCUT2D eigenvalue weighted by atomic mass is 16.5. The highest BCUT2D eigenvalue weighted by Gasteiger charge is 2.32. The molecule has 23 heavy (non-hydrogen) atoms. The fraction of sp³-hybridized carbons (Fsp3) is 0.235. The van der Waals surface area contributed by atoms with Crippen molar-refractivity contribution in [2.75, 3.05) is 7.11 Å². The van der Waals surface area contributed by atoms with Crippen molar-refractivity contribution < 1.29 is 23.5 Å². The zero-order valence-corrected chi connectivity index (χ0v) is 12.6. The molecule has 2 aromatic rings. The average Bonchev–Trinajstić information content (AvgIpc) is 2.52. The van der Waals surface area contributed by atoms with Crippen molar-refractivity contribution in [2.45, 2.75) is 19.3 Å². The quantitative estimate of drug-likeness (QED) is 0.790. The van der Waals surface area contributed by atoms with Gasteiger partial charge in [0.1, 0.15) is 11.5 Å². The maximum Gasteiger partial charge on any atom is 0.343 e. The molecule has 0 amide bonds. The molecular weight excluding hydrogens is 300 g/mol. The summed E-state index contributed by atoms with van der Waals surface area (Å²) >= 11 is 0. The summed E-state index contributed by atoms with van der Waals surface area (Å²) in [6.07, 6.45) is 0.0401. The van der Waals surface area contributed by atoms with Crippen LogP contribution in [0.2, 0.25) is 0 Å². The Morgan fingerprint density at radius 1 is 1.22 bits per heavy atom. The lowest BCUT2D eigenvalue weighted by Crippen LogP contribution is -2.26. The molecular formula is C17H14O6. The van der Waals surface area contributed by atoms with E-state index in [9.17, 15) is 14.4 Å². The molecule has 0 radical (unpaired) electrons. The third kappa shape index (κ3) is 2.75. The molecule has 118 valence electrons. The Morgan fingerprint density at radius 3 is 2.57 bits per heavy atom. The van der Waals surface area contributed by atoms with Gasteiger partial charge in [0.05, 0.1) is 24.7 Å². The van der Waals surface area contributed by atoms with Crippen molar-refractivity contribution in [3.05, 3.63) is 63.2 Å². The van der Waals surface area contributed by atoms with Crippen LogP contribution < -0.4 is 10.4 Å². The molecule has 1 aromatic heterocycles. The third-order valence-corrected chi connectivity index (χ3v) is 3.75. The van der Waals surface area contributed by atoms with Gasteiger partial charge in [-0.3, -0.25) is 4.79 Å². The van der Waals surface area contributed by atoms with Gasteiger partial charge in [-0.05, 0) is 24.6 Å². The minimum absolute atomic E-state index is 0.0401. The normalized spacial score (nSPS) is 16.4. The van der Waals surface area contributed by atoms with E-state index in [1.165, 1.54) is 13.2 Å². The molecule has 1 aromatic carbocycles. The predicted octanol–water partition coefficient (Wildman–Crippen LogP) is 2.18. The van der Waals surface area contributed by atoms with Crippen LogP contribution in [0.5, 0.6) is 5.75 Å². The molecule has 0 N–H and O–H groups in total. The maximum absolute atomic E-state index is 12.2. The van der Waals surface area contributed by atoms with Crippen LogP contribution in [-0.4, -0.2) is 19.0 Å². The van der Waals surface area contributed by atoms with E-state index in [1.54, 1.807) is 31.2 Å². The SMILES string of the molecule is COC(=O)c1ccc([C@@H]2CC(=O)Oc3cc(C)oc(=O)c32)cc1. The van der Waals surface area contributed by atoms with Crippen molar-refractivity contribution in [1.82, 2.24) is 0 Å². The van der Waals surface area contributed by atoms with E-state index in [0.29, 0.717) is 16.9 Å². The second kappa shape index (κ2) is 5.72. The molecule has 0 saturated heterocycles. The van der Waals surface area contributed by atoms with Crippen LogP contribution in [0.3, 0.4) is 0 Å². The van der Waals surface area contributed by atoms with Crippen molar-refractivity contribution >= 4 is 11.9 Å². The van der Waals surface area contributed by atoms with E-state index in [2.05, 4.69) is 4.74 Å². The number of carbonyl (C=O) groups is 2. The van der Waals surface area contributed by atoms with Gasteiger partial charge in [0, 0.05) is 12.0 Å². The largest absolute Gasteiger partial charge is 0.465 e. The molecule has 0 spiro atoms. The number of hydrogen-bond donors (Lipinski definition) is 0. The molecule has 1 atom stereocenters. The molecule has 6 nitrogen and oxygen atoms in total. The van der Waals surface area contributed by atoms with Gasteiger partial charge in [0.25, 0.3) is 0 Å². The summed E-state index contributed by atoms with van der Waals surface area (Å²) in [5.41, 5.74) is 0.924. The van der Waals surface area contributed by atoms with Crippen LogP contribution in [-0.2, 0) is 9.53 Å². The smallest absolute Gasteiger partial charge is 0.343 e. The van der Waals surface area contributed by atoms with Crippen LogP contribution in [0.15, 0.2) is 39.5 Å². The zero-order chi connectivity index (χ0) is 16.6. The van der Waals surface area contributed by atoms with Crippen molar-refractivity contribution in [2.24, 2.45) is 0 Å². The van der Waals surface area contributed by atoms with E-state index in [4.69, 9.17) is 9.15 Å². The van der Waals surface area contributed by atoms with E-state index in [1.807, 2.05) is 0 Å². The van der Waals surface area contributed by atoms with Crippen molar-refractivity contribution in [3.8, 4) is 5.75 Å². The lowest BCUT2D eigenvalue weighted by Gasteiger charge is -2.23. The number of hydrogen-bond acceptors (Lipinski definition) is 6. The lowest BCUT2D eigenvalue weighted by atomic mass is 9.87. The molecule has 1 aliphatic heterocycles. The molecule has 0 bridgehead atoms. The summed E-state index contributed by atoms with van der Waals surface area (Å²) in [7, 11) is 1.30. The van der Waals surface area contributed by atoms with E-state index < -0.39 is 23.5 Å². The van der Waals surface area contributed by atoms with E-state index in [-0.39, 0.29) is 12.2 Å². The molecule has 0 saturated carbocycles. The average molecular weight is 314 g/mol.